The molecule has 0 aromatic carbocycles. The molecule has 0 amide bonds. The predicted octanol–water partition coefficient (Wildman–Crippen LogP) is 1.65. The van der Waals surface area contributed by atoms with Crippen molar-refractivity contribution >= 4 is 11.8 Å². The van der Waals surface area contributed by atoms with E-state index in [1.54, 1.807) is 6.33 Å². The first kappa shape index (κ1) is 12.4. The van der Waals surface area contributed by atoms with E-state index >= 15 is 0 Å². The summed E-state index contributed by atoms with van der Waals surface area (Å²) >= 11 is 0. The molecule has 1 N–H and O–H groups in total. The fourth-order valence-electron chi connectivity index (χ4n) is 3.09. The minimum absolute atomic E-state index is 0.176. The third-order valence-electron chi connectivity index (χ3n) is 4.45. The Bertz CT molecular complexity index is 497. The lowest BCUT2D eigenvalue weighted by atomic mass is 9.79. The molecule has 0 bridgehead atoms. The molecular weight excluding hydrogens is 242 g/mol. The van der Waals surface area contributed by atoms with Crippen molar-refractivity contribution in [1.82, 2.24) is 9.97 Å². The number of aryl methyl sites for hydroxylation is 1. The minimum Gasteiger partial charge on any atom is -0.481 e. The summed E-state index contributed by atoms with van der Waals surface area (Å²) in [6.45, 7) is 0. The van der Waals surface area contributed by atoms with Crippen LogP contribution in [0.15, 0.2) is 6.33 Å². The molecule has 102 valence electrons. The molecule has 0 saturated heterocycles. The Morgan fingerprint density at radius 1 is 1.32 bits per heavy atom. The highest BCUT2D eigenvalue weighted by atomic mass is 16.4. The third kappa shape index (κ3) is 2.17. The number of anilines is 1. The van der Waals surface area contributed by atoms with Crippen LogP contribution in [0.4, 0.5) is 5.82 Å². The van der Waals surface area contributed by atoms with E-state index in [0.29, 0.717) is 6.04 Å². The molecule has 3 rings (SSSR count). The van der Waals surface area contributed by atoms with Crippen molar-refractivity contribution in [2.75, 3.05) is 11.9 Å². The van der Waals surface area contributed by atoms with E-state index in [2.05, 4.69) is 14.9 Å². The largest absolute Gasteiger partial charge is 0.481 e. The lowest BCUT2D eigenvalue weighted by Gasteiger charge is -2.40. The monoisotopic (exact) mass is 261 g/mol. The van der Waals surface area contributed by atoms with Gasteiger partial charge in [0.05, 0.1) is 5.92 Å². The average molecular weight is 261 g/mol. The van der Waals surface area contributed by atoms with Gasteiger partial charge in [-0.25, -0.2) is 9.97 Å². The number of aromatic nitrogens is 2. The van der Waals surface area contributed by atoms with Crippen LogP contribution in [0.3, 0.4) is 0 Å². The molecule has 0 radical (unpaired) electrons. The smallest absolute Gasteiger partial charge is 0.306 e. The Balaban J connectivity index is 1.77. The number of carboxylic acids is 1. The summed E-state index contributed by atoms with van der Waals surface area (Å²) in [5.41, 5.74) is 2.45. The van der Waals surface area contributed by atoms with Gasteiger partial charge in [-0.2, -0.15) is 0 Å². The zero-order valence-electron chi connectivity index (χ0n) is 11.2. The van der Waals surface area contributed by atoms with Gasteiger partial charge < -0.3 is 10.0 Å². The molecule has 1 aromatic heterocycles. The van der Waals surface area contributed by atoms with Gasteiger partial charge in [-0.15, -0.1) is 0 Å². The van der Waals surface area contributed by atoms with Crippen LogP contribution in [0, 0.1) is 5.92 Å². The maximum atomic E-state index is 10.9. The Morgan fingerprint density at radius 3 is 2.79 bits per heavy atom. The summed E-state index contributed by atoms with van der Waals surface area (Å²) in [6, 6.07) is 0.307. The number of hydrogen-bond acceptors (Lipinski definition) is 4. The summed E-state index contributed by atoms with van der Waals surface area (Å²) in [6.07, 6.45) is 7.59. The second-order valence-electron chi connectivity index (χ2n) is 5.60. The predicted molar refractivity (Wildman–Crippen MR) is 71.2 cm³/mol. The van der Waals surface area contributed by atoms with Crippen LogP contribution in [-0.4, -0.2) is 34.1 Å². The fraction of sp³-hybridized carbons (Fsp3) is 0.643. The van der Waals surface area contributed by atoms with Crippen LogP contribution < -0.4 is 4.90 Å². The normalized spacial score (nSPS) is 25.3. The van der Waals surface area contributed by atoms with Gasteiger partial charge in [-0.3, -0.25) is 4.79 Å². The van der Waals surface area contributed by atoms with Crippen molar-refractivity contribution in [3.63, 3.8) is 0 Å². The number of nitrogens with zero attached hydrogens (tertiary/aromatic N) is 3. The van der Waals surface area contributed by atoms with Crippen molar-refractivity contribution in [3.8, 4) is 0 Å². The second kappa shape index (κ2) is 4.79. The first-order valence-corrected chi connectivity index (χ1v) is 6.95. The number of carboxylic acid groups (broad SMARTS) is 1. The molecular formula is C14H19N3O2. The third-order valence-corrected chi connectivity index (χ3v) is 4.45. The summed E-state index contributed by atoms with van der Waals surface area (Å²) in [5, 5.41) is 8.95. The van der Waals surface area contributed by atoms with E-state index < -0.39 is 5.97 Å². The van der Waals surface area contributed by atoms with Crippen molar-refractivity contribution in [2.45, 2.75) is 44.6 Å². The SMILES string of the molecule is CN(c1ncnc2c1CCCC2)C1CC(C(=O)O)C1. The van der Waals surface area contributed by atoms with Crippen LogP contribution in [0.25, 0.3) is 0 Å². The molecule has 0 aliphatic heterocycles. The molecule has 0 spiro atoms. The van der Waals surface area contributed by atoms with E-state index in [1.807, 2.05) is 7.05 Å². The number of aliphatic carboxylic acids is 1. The highest BCUT2D eigenvalue weighted by Crippen LogP contribution is 2.35. The van der Waals surface area contributed by atoms with Gasteiger partial charge in [-0.1, -0.05) is 0 Å². The Labute approximate surface area is 112 Å². The van der Waals surface area contributed by atoms with Crippen molar-refractivity contribution in [2.24, 2.45) is 5.92 Å². The van der Waals surface area contributed by atoms with Crippen molar-refractivity contribution in [1.29, 1.82) is 0 Å². The van der Waals surface area contributed by atoms with Gasteiger partial charge in [0.15, 0.2) is 0 Å². The average Bonchev–Trinajstić information content (AvgIpc) is 2.35. The molecule has 1 heterocycles. The van der Waals surface area contributed by atoms with Crippen LogP contribution in [0.2, 0.25) is 0 Å². The van der Waals surface area contributed by atoms with Crippen LogP contribution in [-0.2, 0) is 17.6 Å². The van der Waals surface area contributed by atoms with E-state index in [0.717, 1.165) is 31.5 Å². The standard InChI is InChI=1S/C14H19N3O2/c1-17(10-6-9(7-10)14(18)19)13-11-4-2-3-5-12(11)15-8-16-13/h8-10H,2-7H2,1H3,(H,18,19). The van der Waals surface area contributed by atoms with Gasteiger partial charge in [0.25, 0.3) is 0 Å². The zero-order chi connectivity index (χ0) is 13.4. The van der Waals surface area contributed by atoms with Crippen LogP contribution >= 0.6 is 0 Å². The summed E-state index contributed by atoms with van der Waals surface area (Å²) in [5.74, 6) is 0.165. The lowest BCUT2D eigenvalue weighted by molar-refractivity contribution is -0.145. The van der Waals surface area contributed by atoms with Crippen molar-refractivity contribution < 1.29 is 9.90 Å². The molecule has 0 unspecified atom stereocenters. The quantitative estimate of drug-likeness (QED) is 0.896. The van der Waals surface area contributed by atoms with Gasteiger partial charge in [-0.05, 0) is 38.5 Å². The molecule has 5 heteroatoms. The molecule has 2 aliphatic rings. The maximum absolute atomic E-state index is 10.9. The van der Waals surface area contributed by atoms with Crippen LogP contribution in [0.1, 0.15) is 36.9 Å². The van der Waals surface area contributed by atoms with Gasteiger partial charge in [0, 0.05) is 24.3 Å². The molecule has 1 saturated carbocycles. The zero-order valence-corrected chi connectivity index (χ0v) is 11.2. The first-order chi connectivity index (χ1) is 9.16. The molecule has 1 aromatic rings. The summed E-state index contributed by atoms with van der Waals surface area (Å²) in [7, 11) is 2.03. The molecule has 5 nitrogen and oxygen atoms in total. The molecule has 19 heavy (non-hydrogen) atoms. The van der Waals surface area contributed by atoms with E-state index in [4.69, 9.17) is 5.11 Å². The molecule has 0 atom stereocenters. The first-order valence-electron chi connectivity index (χ1n) is 6.95. The Hall–Kier alpha value is -1.65. The number of hydrogen-bond donors (Lipinski definition) is 1. The fourth-order valence-corrected chi connectivity index (χ4v) is 3.09. The van der Waals surface area contributed by atoms with Gasteiger partial charge in [0.2, 0.25) is 0 Å². The van der Waals surface area contributed by atoms with Gasteiger partial charge >= 0.3 is 5.97 Å². The summed E-state index contributed by atoms with van der Waals surface area (Å²) < 4.78 is 0. The van der Waals surface area contributed by atoms with E-state index in [9.17, 15) is 4.79 Å². The maximum Gasteiger partial charge on any atom is 0.306 e. The number of carbonyl (C=O) groups is 1. The minimum atomic E-state index is -0.672. The number of fused-ring (bicyclic) bond motifs is 1. The van der Waals surface area contributed by atoms with Crippen LogP contribution in [0.5, 0.6) is 0 Å². The molecule has 2 aliphatic carbocycles. The van der Waals surface area contributed by atoms with Gasteiger partial charge in [0.1, 0.15) is 12.1 Å². The van der Waals surface area contributed by atoms with E-state index in [-0.39, 0.29) is 5.92 Å². The van der Waals surface area contributed by atoms with E-state index in [1.165, 1.54) is 24.1 Å². The number of rotatable bonds is 3. The topological polar surface area (TPSA) is 66.3 Å². The Morgan fingerprint density at radius 2 is 2.05 bits per heavy atom. The Kier molecular flexibility index (Phi) is 3.12. The van der Waals surface area contributed by atoms with Crippen molar-refractivity contribution in [3.05, 3.63) is 17.6 Å². The highest BCUT2D eigenvalue weighted by molar-refractivity contribution is 5.71. The lowest BCUT2D eigenvalue weighted by Crippen LogP contribution is -2.46. The molecule has 1 fully saturated rings. The second-order valence-corrected chi connectivity index (χ2v) is 5.60. The summed E-state index contributed by atoms with van der Waals surface area (Å²) in [4.78, 5) is 21.8. The highest BCUT2D eigenvalue weighted by Gasteiger charge is 2.38.